The molecule has 0 fully saturated rings. The Morgan fingerprint density at radius 2 is 2.00 bits per heavy atom. The second kappa shape index (κ2) is 9.36. The molecule has 0 radical (unpaired) electrons. The Kier molecular flexibility index (Phi) is 6.63. The fraction of sp³-hybridized carbons (Fsp3) is 0.333. The van der Waals surface area contributed by atoms with Crippen LogP contribution in [0.25, 0.3) is 22.2 Å². The molecule has 0 aliphatic rings. The van der Waals surface area contributed by atoms with E-state index in [1.54, 1.807) is 6.07 Å². The first-order valence-electron chi connectivity index (χ1n) is 10.3. The van der Waals surface area contributed by atoms with Crippen LogP contribution < -0.4 is 10.1 Å². The summed E-state index contributed by atoms with van der Waals surface area (Å²) in [5.74, 6) is 0.773. The van der Waals surface area contributed by atoms with E-state index in [0.717, 1.165) is 34.3 Å². The predicted octanol–water partition coefficient (Wildman–Crippen LogP) is 5.95. The molecule has 1 amide bonds. The van der Waals surface area contributed by atoms with Crippen LogP contribution in [-0.4, -0.2) is 23.4 Å². The van der Waals surface area contributed by atoms with Crippen molar-refractivity contribution in [1.29, 1.82) is 5.26 Å². The van der Waals surface area contributed by atoms with Crippen LogP contribution in [-0.2, 0) is 11.3 Å². The van der Waals surface area contributed by atoms with E-state index in [0.29, 0.717) is 24.4 Å². The lowest BCUT2D eigenvalue weighted by Crippen LogP contribution is -2.14. The number of nitriles is 1. The van der Waals surface area contributed by atoms with Crippen molar-refractivity contribution in [1.82, 2.24) is 4.57 Å². The molecule has 0 saturated heterocycles. The molecular weight excluding hydrogens is 378 g/mol. The molecule has 0 aliphatic heterocycles. The fourth-order valence-electron chi connectivity index (χ4n) is 3.51. The monoisotopic (exact) mass is 405 g/mol. The van der Waals surface area contributed by atoms with Gasteiger partial charge in [-0.3, -0.25) is 5.32 Å². The molecule has 6 nitrogen and oxygen atoms in total. The number of ether oxygens (including phenoxy) is 2. The molecular formula is C24H27N3O3. The van der Waals surface area contributed by atoms with Gasteiger partial charge in [-0.2, -0.15) is 5.26 Å². The van der Waals surface area contributed by atoms with Crippen LogP contribution in [0.3, 0.4) is 0 Å². The second-order valence-corrected chi connectivity index (χ2v) is 7.27. The lowest BCUT2D eigenvalue weighted by Gasteiger charge is -2.12. The maximum Gasteiger partial charge on any atom is 0.411 e. The van der Waals surface area contributed by atoms with Gasteiger partial charge in [0.15, 0.2) is 0 Å². The van der Waals surface area contributed by atoms with Crippen molar-refractivity contribution in [2.45, 2.75) is 46.8 Å². The van der Waals surface area contributed by atoms with Gasteiger partial charge in [0.25, 0.3) is 0 Å². The molecule has 3 rings (SSSR count). The highest BCUT2D eigenvalue weighted by Gasteiger charge is 2.19. The SMILES string of the molecule is CCCOC(=O)Nc1cccc(-c2c(C#N)c3ccc(OC(C)C)cc3n2CC)c1. The van der Waals surface area contributed by atoms with Crippen LogP contribution in [0.4, 0.5) is 10.5 Å². The first-order valence-corrected chi connectivity index (χ1v) is 10.3. The summed E-state index contributed by atoms with van der Waals surface area (Å²) in [7, 11) is 0. The van der Waals surface area contributed by atoms with Crippen molar-refractivity contribution in [3.8, 4) is 23.1 Å². The minimum absolute atomic E-state index is 0.0672. The maximum absolute atomic E-state index is 11.9. The number of carbonyl (C=O) groups excluding carboxylic acids is 1. The average Bonchev–Trinajstić information content (AvgIpc) is 3.04. The number of rotatable bonds is 7. The van der Waals surface area contributed by atoms with Crippen molar-refractivity contribution >= 4 is 22.7 Å². The highest BCUT2D eigenvalue weighted by molar-refractivity contribution is 5.96. The second-order valence-electron chi connectivity index (χ2n) is 7.27. The molecule has 3 aromatic rings. The summed E-state index contributed by atoms with van der Waals surface area (Å²) < 4.78 is 13.1. The van der Waals surface area contributed by atoms with Gasteiger partial charge >= 0.3 is 6.09 Å². The highest BCUT2D eigenvalue weighted by atomic mass is 16.5. The molecule has 0 bridgehead atoms. The van der Waals surface area contributed by atoms with Gasteiger partial charge in [-0.25, -0.2) is 4.79 Å². The largest absolute Gasteiger partial charge is 0.491 e. The van der Waals surface area contributed by atoms with Gasteiger partial charge in [-0.05, 0) is 51.5 Å². The Hall–Kier alpha value is -3.46. The van der Waals surface area contributed by atoms with E-state index in [4.69, 9.17) is 9.47 Å². The van der Waals surface area contributed by atoms with Crippen molar-refractivity contribution in [3.05, 3.63) is 48.0 Å². The van der Waals surface area contributed by atoms with Crippen LogP contribution >= 0.6 is 0 Å². The number of benzene rings is 2. The lowest BCUT2D eigenvalue weighted by atomic mass is 10.1. The van der Waals surface area contributed by atoms with E-state index < -0.39 is 6.09 Å². The highest BCUT2D eigenvalue weighted by Crippen LogP contribution is 2.36. The Morgan fingerprint density at radius 1 is 1.20 bits per heavy atom. The van der Waals surface area contributed by atoms with Crippen molar-refractivity contribution in [3.63, 3.8) is 0 Å². The van der Waals surface area contributed by atoms with Crippen LogP contribution in [0, 0.1) is 11.3 Å². The molecule has 1 aromatic heterocycles. The maximum atomic E-state index is 11.9. The summed E-state index contributed by atoms with van der Waals surface area (Å²) in [4.78, 5) is 11.9. The van der Waals surface area contributed by atoms with E-state index in [-0.39, 0.29) is 6.10 Å². The molecule has 0 spiro atoms. The number of aromatic nitrogens is 1. The van der Waals surface area contributed by atoms with Crippen LogP contribution in [0.1, 0.15) is 39.7 Å². The molecule has 2 aromatic carbocycles. The summed E-state index contributed by atoms with van der Waals surface area (Å²) in [6, 6.07) is 15.6. The number of amides is 1. The smallest absolute Gasteiger partial charge is 0.411 e. The first-order chi connectivity index (χ1) is 14.5. The molecule has 6 heteroatoms. The Labute approximate surface area is 177 Å². The van der Waals surface area contributed by atoms with Gasteiger partial charge in [0, 0.05) is 29.2 Å². The minimum Gasteiger partial charge on any atom is -0.491 e. The minimum atomic E-state index is -0.485. The molecule has 0 saturated carbocycles. The van der Waals surface area contributed by atoms with Crippen molar-refractivity contribution in [2.75, 3.05) is 11.9 Å². The number of hydrogen-bond acceptors (Lipinski definition) is 4. The Balaban J connectivity index is 2.08. The summed E-state index contributed by atoms with van der Waals surface area (Å²) in [5, 5.41) is 13.6. The molecule has 0 atom stereocenters. The molecule has 1 N–H and O–H groups in total. The number of carbonyl (C=O) groups is 1. The molecule has 1 heterocycles. The number of nitrogens with zero attached hydrogens (tertiary/aromatic N) is 2. The van der Waals surface area contributed by atoms with Crippen LogP contribution in [0.2, 0.25) is 0 Å². The summed E-state index contributed by atoms with van der Waals surface area (Å²) in [6.07, 6.45) is 0.344. The van der Waals surface area contributed by atoms with Gasteiger partial charge in [0.1, 0.15) is 11.8 Å². The number of aryl methyl sites for hydroxylation is 1. The number of anilines is 1. The third-order valence-electron chi connectivity index (χ3n) is 4.66. The molecule has 0 unspecified atom stereocenters. The first kappa shape index (κ1) is 21.3. The predicted molar refractivity (Wildman–Crippen MR) is 119 cm³/mol. The third kappa shape index (κ3) is 4.41. The van der Waals surface area contributed by atoms with Crippen LogP contribution in [0.15, 0.2) is 42.5 Å². The molecule has 0 aliphatic carbocycles. The third-order valence-corrected chi connectivity index (χ3v) is 4.66. The topological polar surface area (TPSA) is 76.3 Å². The zero-order valence-corrected chi connectivity index (χ0v) is 17.9. The fourth-order valence-corrected chi connectivity index (χ4v) is 3.51. The van der Waals surface area contributed by atoms with E-state index in [2.05, 4.69) is 16.0 Å². The van der Waals surface area contributed by atoms with Gasteiger partial charge < -0.3 is 14.0 Å². The summed E-state index contributed by atoms with van der Waals surface area (Å²) >= 11 is 0. The van der Waals surface area contributed by atoms with Gasteiger partial charge in [0.2, 0.25) is 0 Å². The van der Waals surface area contributed by atoms with Crippen molar-refractivity contribution in [2.24, 2.45) is 0 Å². The number of hydrogen-bond donors (Lipinski definition) is 1. The molecule has 30 heavy (non-hydrogen) atoms. The van der Waals surface area contributed by atoms with E-state index >= 15 is 0 Å². The number of fused-ring (bicyclic) bond motifs is 1. The average molecular weight is 405 g/mol. The Morgan fingerprint density at radius 3 is 2.67 bits per heavy atom. The van der Waals surface area contributed by atoms with Gasteiger partial charge in [-0.1, -0.05) is 19.1 Å². The summed E-state index contributed by atoms with van der Waals surface area (Å²) in [5.41, 5.74) is 3.84. The van der Waals surface area contributed by atoms with E-state index in [1.165, 1.54) is 0 Å². The summed E-state index contributed by atoms with van der Waals surface area (Å²) in [6.45, 7) is 9.02. The zero-order chi connectivity index (χ0) is 21.7. The van der Waals surface area contributed by atoms with Gasteiger partial charge in [-0.15, -0.1) is 0 Å². The normalized spacial score (nSPS) is 10.8. The lowest BCUT2D eigenvalue weighted by molar-refractivity contribution is 0.161. The Bertz CT molecular complexity index is 1090. The standard InChI is InChI=1S/C24H27N3O3/c1-5-12-29-24(28)26-18-9-7-8-17(13-18)23-21(15-25)20-11-10-19(30-16(3)4)14-22(20)27(23)6-2/h7-11,13-14,16H,5-6,12H2,1-4H3,(H,26,28). The quantitative estimate of drug-likeness (QED) is 0.527. The van der Waals surface area contributed by atoms with E-state index in [1.807, 2.05) is 64.1 Å². The van der Waals surface area contributed by atoms with Gasteiger partial charge in [0.05, 0.1) is 29.5 Å². The van der Waals surface area contributed by atoms with E-state index in [9.17, 15) is 10.1 Å². The molecule has 156 valence electrons. The zero-order valence-electron chi connectivity index (χ0n) is 17.9. The van der Waals surface area contributed by atoms with Crippen molar-refractivity contribution < 1.29 is 14.3 Å². The number of nitrogens with one attached hydrogen (secondary N) is 1. The van der Waals surface area contributed by atoms with Crippen LogP contribution in [0.5, 0.6) is 5.75 Å².